The quantitative estimate of drug-likeness (QED) is 0.671. The van der Waals surface area contributed by atoms with E-state index in [-0.39, 0.29) is 0 Å². The van der Waals surface area contributed by atoms with Gasteiger partial charge in [0.05, 0.1) is 0 Å². The van der Waals surface area contributed by atoms with Crippen LogP contribution in [0, 0.1) is 17.3 Å². The lowest BCUT2D eigenvalue weighted by atomic mass is 9.57. The van der Waals surface area contributed by atoms with Gasteiger partial charge in [0, 0.05) is 6.61 Å². The van der Waals surface area contributed by atoms with Crippen molar-refractivity contribution in [1.29, 1.82) is 0 Å². The molecule has 12 heavy (non-hydrogen) atoms. The number of hydrogen-bond acceptors (Lipinski definition) is 2. The second-order valence-corrected chi connectivity index (χ2v) is 4.59. The molecular weight excluding hydrogens is 150 g/mol. The van der Waals surface area contributed by atoms with Crippen molar-refractivity contribution >= 4 is 0 Å². The third-order valence-corrected chi connectivity index (χ3v) is 3.41. The van der Waals surface area contributed by atoms with Crippen LogP contribution in [0.25, 0.3) is 0 Å². The Labute approximate surface area is 75.2 Å². The van der Waals surface area contributed by atoms with Gasteiger partial charge in [-0.25, -0.2) is 0 Å². The summed E-state index contributed by atoms with van der Waals surface area (Å²) >= 11 is 0. The van der Waals surface area contributed by atoms with Gasteiger partial charge in [-0.15, -0.1) is 0 Å². The molecule has 0 heterocycles. The highest BCUT2D eigenvalue weighted by Gasteiger charge is 2.43. The molecule has 0 aromatic rings. The number of rotatable bonds is 4. The number of nitrogens with two attached hydrogens (primary N) is 1. The van der Waals surface area contributed by atoms with Crippen LogP contribution in [0.4, 0.5) is 0 Å². The molecule has 0 radical (unpaired) electrons. The fourth-order valence-corrected chi connectivity index (χ4v) is 2.23. The van der Waals surface area contributed by atoms with E-state index in [4.69, 9.17) is 10.8 Å². The molecule has 0 atom stereocenters. The lowest BCUT2D eigenvalue weighted by molar-refractivity contribution is 0.0112. The Morgan fingerprint density at radius 3 is 2.42 bits per heavy atom. The Bertz CT molecular complexity index is 139. The molecular formula is C10H21NO. The molecule has 0 spiro atoms. The molecule has 0 bridgehead atoms. The summed E-state index contributed by atoms with van der Waals surface area (Å²) in [5, 5.41) is 8.87. The molecule has 2 nitrogen and oxygen atoms in total. The summed E-state index contributed by atoms with van der Waals surface area (Å²) in [5.41, 5.74) is 6.00. The van der Waals surface area contributed by atoms with Crippen LogP contribution in [0.1, 0.15) is 33.1 Å². The zero-order chi connectivity index (χ0) is 9.19. The topological polar surface area (TPSA) is 46.2 Å². The van der Waals surface area contributed by atoms with E-state index < -0.39 is 0 Å². The fraction of sp³-hybridized carbons (Fsp3) is 1.00. The van der Waals surface area contributed by atoms with Gasteiger partial charge in [0.2, 0.25) is 0 Å². The molecule has 0 aromatic heterocycles. The van der Waals surface area contributed by atoms with E-state index in [0.717, 1.165) is 24.8 Å². The standard InChI is InChI=1S/C10H21NO/c1-8(2)9-5-10(6-9,7-11)3-4-12/h8-9,12H,3-7,11H2,1-2H3. The van der Waals surface area contributed by atoms with Crippen molar-refractivity contribution in [3.05, 3.63) is 0 Å². The molecule has 2 heteroatoms. The molecule has 3 N–H and O–H groups in total. The smallest absolute Gasteiger partial charge is 0.0436 e. The molecule has 1 saturated carbocycles. The van der Waals surface area contributed by atoms with Gasteiger partial charge < -0.3 is 10.8 Å². The van der Waals surface area contributed by atoms with Crippen LogP contribution in [-0.2, 0) is 0 Å². The lowest BCUT2D eigenvalue weighted by Gasteiger charge is -2.49. The van der Waals surface area contributed by atoms with Gasteiger partial charge in [0.1, 0.15) is 0 Å². The third-order valence-electron chi connectivity index (χ3n) is 3.41. The Morgan fingerprint density at radius 1 is 1.50 bits per heavy atom. The number of aliphatic hydroxyl groups excluding tert-OH is 1. The van der Waals surface area contributed by atoms with Gasteiger partial charge in [0.15, 0.2) is 0 Å². The minimum atomic E-state index is 0.294. The predicted molar refractivity (Wildman–Crippen MR) is 50.8 cm³/mol. The van der Waals surface area contributed by atoms with Crippen molar-refractivity contribution in [2.45, 2.75) is 33.1 Å². The van der Waals surface area contributed by atoms with Gasteiger partial charge in [-0.05, 0) is 43.1 Å². The maximum atomic E-state index is 8.87. The summed E-state index contributed by atoms with van der Waals surface area (Å²) in [6, 6.07) is 0. The van der Waals surface area contributed by atoms with Crippen molar-refractivity contribution in [2.24, 2.45) is 23.0 Å². The van der Waals surface area contributed by atoms with Crippen molar-refractivity contribution in [3.63, 3.8) is 0 Å². The fourth-order valence-electron chi connectivity index (χ4n) is 2.23. The van der Waals surface area contributed by atoms with Crippen LogP contribution < -0.4 is 5.73 Å². The van der Waals surface area contributed by atoms with Crippen molar-refractivity contribution in [1.82, 2.24) is 0 Å². The predicted octanol–water partition coefficient (Wildman–Crippen LogP) is 1.38. The van der Waals surface area contributed by atoms with Crippen LogP contribution in [0.15, 0.2) is 0 Å². The van der Waals surface area contributed by atoms with Gasteiger partial charge in [-0.1, -0.05) is 13.8 Å². The van der Waals surface area contributed by atoms with Crippen LogP contribution in [-0.4, -0.2) is 18.3 Å². The summed E-state index contributed by atoms with van der Waals surface area (Å²) in [5.74, 6) is 1.63. The summed E-state index contributed by atoms with van der Waals surface area (Å²) in [6.07, 6.45) is 3.34. The molecule has 0 unspecified atom stereocenters. The molecule has 0 aliphatic heterocycles. The van der Waals surface area contributed by atoms with Crippen molar-refractivity contribution < 1.29 is 5.11 Å². The van der Waals surface area contributed by atoms with E-state index >= 15 is 0 Å². The summed E-state index contributed by atoms with van der Waals surface area (Å²) in [4.78, 5) is 0. The first-order valence-corrected chi connectivity index (χ1v) is 4.94. The maximum Gasteiger partial charge on any atom is 0.0436 e. The van der Waals surface area contributed by atoms with Gasteiger partial charge in [-0.3, -0.25) is 0 Å². The highest BCUT2D eigenvalue weighted by atomic mass is 16.3. The van der Waals surface area contributed by atoms with Crippen LogP contribution in [0.5, 0.6) is 0 Å². The summed E-state index contributed by atoms with van der Waals surface area (Å²) in [7, 11) is 0. The van der Waals surface area contributed by atoms with Crippen LogP contribution in [0.3, 0.4) is 0 Å². The molecule has 1 rings (SSSR count). The number of hydrogen-bond donors (Lipinski definition) is 2. The maximum absolute atomic E-state index is 8.87. The molecule has 1 aliphatic carbocycles. The van der Waals surface area contributed by atoms with Gasteiger partial charge in [-0.2, -0.15) is 0 Å². The second-order valence-electron chi connectivity index (χ2n) is 4.59. The first-order valence-electron chi connectivity index (χ1n) is 4.94. The Kier molecular flexibility index (Phi) is 3.13. The summed E-state index contributed by atoms with van der Waals surface area (Å²) < 4.78 is 0. The lowest BCUT2D eigenvalue weighted by Crippen LogP contribution is -2.45. The molecule has 72 valence electrons. The zero-order valence-corrected chi connectivity index (χ0v) is 8.21. The van der Waals surface area contributed by atoms with Crippen molar-refractivity contribution in [3.8, 4) is 0 Å². The SMILES string of the molecule is CC(C)C1CC(CN)(CCO)C1. The molecule has 1 aliphatic rings. The second kappa shape index (κ2) is 3.75. The molecule has 0 amide bonds. The largest absolute Gasteiger partial charge is 0.396 e. The first-order chi connectivity index (χ1) is 5.63. The van der Waals surface area contributed by atoms with Crippen LogP contribution >= 0.6 is 0 Å². The Balaban J connectivity index is 2.35. The molecule has 0 aromatic carbocycles. The molecule has 1 fully saturated rings. The minimum absolute atomic E-state index is 0.294. The highest BCUT2D eigenvalue weighted by molar-refractivity contribution is 4.95. The highest BCUT2D eigenvalue weighted by Crippen LogP contribution is 2.50. The van der Waals surface area contributed by atoms with E-state index in [1.54, 1.807) is 0 Å². The normalized spacial score (nSPS) is 35.2. The van der Waals surface area contributed by atoms with Crippen molar-refractivity contribution in [2.75, 3.05) is 13.2 Å². The van der Waals surface area contributed by atoms with Gasteiger partial charge >= 0.3 is 0 Å². The van der Waals surface area contributed by atoms with E-state index in [1.807, 2.05) is 0 Å². The summed E-state index contributed by atoms with van der Waals surface area (Å²) in [6.45, 7) is 5.58. The van der Waals surface area contributed by atoms with E-state index in [9.17, 15) is 0 Å². The van der Waals surface area contributed by atoms with E-state index in [2.05, 4.69) is 13.8 Å². The Morgan fingerprint density at radius 2 is 2.08 bits per heavy atom. The minimum Gasteiger partial charge on any atom is -0.396 e. The monoisotopic (exact) mass is 171 g/mol. The average Bonchev–Trinajstić information content (AvgIpc) is 1.95. The van der Waals surface area contributed by atoms with E-state index in [1.165, 1.54) is 12.8 Å². The van der Waals surface area contributed by atoms with Gasteiger partial charge in [0.25, 0.3) is 0 Å². The van der Waals surface area contributed by atoms with E-state index in [0.29, 0.717) is 12.0 Å². The number of aliphatic hydroxyl groups is 1. The van der Waals surface area contributed by atoms with Crippen LogP contribution in [0.2, 0.25) is 0 Å². The Hall–Kier alpha value is -0.0800. The molecule has 0 saturated heterocycles. The zero-order valence-electron chi connectivity index (χ0n) is 8.21. The average molecular weight is 171 g/mol. The third kappa shape index (κ3) is 1.80. The first kappa shape index (κ1) is 10.0.